The minimum absolute atomic E-state index is 0.00559. The highest BCUT2D eigenvalue weighted by atomic mass is 32.2. The first-order valence-corrected chi connectivity index (χ1v) is 16.0. The number of aromatic amines is 1. The molecule has 0 bridgehead atoms. The Morgan fingerprint density at radius 1 is 1.14 bits per heavy atom. The van der Waals surface area contributed by atoms with E-state index < -0.39 is 21.1 Å². The van der Waals surface area contributed by atoms with Crippen molar-refractivity contribution in [2.45, 2.75) is 24.6 Å². The fourth-order valence-electron chi connectivity index (χ4n) is 5.67. The van der Waals surface area contributed by atoms with Gasteiger partial charge >= 0.3 is 0 Å². The van der Waals surface area contributed by atoms with Crippen LogP contribution in [0, 0.1) is 5.82 Å². The molecule has 1 amide bonds. The number of ether oxygens (including phenoxy) is 1. The molecule has 2 aromatic heterocycles. The van der Waals surface area contributed by atoms with Gasteiger partial charge in [-0.2, -0.15) is 0 Å². The minimum atomic E-state index is -3.91. The normalized spacial score (nSPS) is 17.9. The second-order valence-corrected chi connectivity index (χ2v) is 13.0. The van der Waals surface area contributed by atoms with Crippen molar-refractivity contribution in [3.8, 4) is 11.3 Å². The summed E-state index contributed by atoms with van der Waals surface area (Å²) in [6, 6.07) is 13.4. The number of hydrogen-bond donors (Lipinski definition) is 3. The zero-order valence-electron chi connectivity index (χ0n) is 24.3. The Hall–Kier alpha value is -4.49. The van der Waals surface area contributed by atoms with Gasteiger partial charge in [0, 0.05) is 43.5 Å². The van der Waals surface area contributed by atoms with E-state index in [4.69, 9.17) is 4.74 Å². The fraction of sp³-hybridized carbons (Fsp3) is 0.323. The summed E-state index contributed by atoms with van der Waals surface area (Å²) in [5.41, 5.74) is 2.98. The molecule has 2 saturated heterocycles. The van der Waals surface area contributed by atoms with E-state index in [0.29, 0.717) is 49.8 Å². The molecule has 2 atom stereocenters. The first-order chi connectivity index (χ1) is 21.2. The summed E-state index contributed by atoms with van der Waals surface area (Å²) in [7, 11) is -3.91. The van der Waals surface area contributed by atoms with E-state index in [1.54, 1.807) is 25.1 Å². The molecule has 4 heterocycles. The van der Waals surface area contributed by atoms with Gasteiger partial charge in [-0.15, -0.1) is 0 Å². The van der Waals surface area contributed by atoms with Gasteiger partial charge in [-0.3, -0.25) is 9.52 Å². The molecule has 2 aliphatic heterocycles. The van der Waals surface area contributed by atoms with Crippen molar-refractivity contribution in [2.75, 3.05) is 53.9 Å². The number of hydrogen-bond acceptors (Lipinski definition) is 8. The molecule has 13 heteroatoms. The molecule has 1 unspecified atom stereocenters. The molecule has 11 nitrogen and oxygen atoms in total. The smallest absolute Gasteiger partial charge is 0.243 e. The molecular formula is C31H34FN7O4S. The number of amides is 1. The zero-order chi connectivity index (χ0) is 30.8. The molecule has 0 aliphatic carbocycles. The van der Waals surface area contributed by atoms with Gasteiger partial charge < -0.3 is 24.8 Å². The Balaban J connectivity index is 1.17. The van der Waals surface area contributed by atoms with Gasteiger partial charge in [0.2, 0.25) is 15.9 Å². The Morgan fingerprint density at radius 2 is 1.95 bits per heavy atom. The van der Waals surface area contributed by atoms with Crippen molar-refractivity contribution < 1.29 is 22.3 Å². The van der Waals surface area contributed by atoms with Crippen LogP contribution in [0.2, 0.25) is 0 Å². The molecule has 230 valence electrons. The fourth-order valence-corrected chi connectivity index (χ4v) is 6.81. The van der Waals surface area contributed by atoms with Crippen LogP contribution < -0.4 is 19.8 Å². The number of nitrogens with zero attached hydrogens (tertiary/aromatic N) is 4. The number of fused-ring (bicyclic) bond motifs is 1. The zero-order valence-corrected chi connectivity index (χ0v) is 25.1. The molecule has 0 saturated carbocycles. The van der Waals surface area contributed by atoms with Gasteiger partial charge in [0.25, 0.3) is 0 Å². The predicted molar refractivity (Wildman–Crippen MR) is 169 cm³/mol. The molecule has 44 heavy (non-hydrogen) atoms. The summed E-state index contributed by atoms with van der Waals surface area (Å²) in [4.78, 5) is 27.8. The van der Waals surface area contributed by atoms with Crippen LogP contribution >= 0.6 is 0 Å². The number of nitrogens with one attached hydrogen (secondary N) is 3. The van der Waals surface area contributed by atoms with Gasteiger partial charge in [0.1, 0.15) is 28.9 Å². The summed E-state index contributed by atoms with van der Waals surface area (Å²) in [5.74, 6) is -0.0403. The van der Waals surface area contributed by atoms with Crippen molar-refractivity contribution in [1.82, 2.24) is 20.3 Å². The quantitative estimate of drug-likeness (QED) is 0.240. The molecule has 2 aromatic carbocycles. The highest BCUT2D eigenvalue weighted by Crippen LogP contribution is 2.33. The predicted octanol–water partition coefficient (Wildman–Crippen LogP) is 3.98. The number of rotatable bonds is 9. The highest BCUT2D eigenvalue weighted by molar-refractivity contribution is 7.92. The van der Waals surface area contributed by atoms with E-state index in [0.717, 1.165) is 29.9 Å². The summed E-state index contributed by atoms with van der Waals surface area (Å²) in [6.07, 6.45) is 3.51. The molecule has 4 aromatic rings. The maximum absolute atomic E-state index is 15.4. The number of anilines is 3. The standard InChI is InChI=1S/C31H34FN7O4S/c1-3-29(40)35-23-9-10-39(18-23)24-6-4-5-21(15-24)20(2)44(41,42)37-22-7-8-25(27(32)16-22)28-17-26-30(36-28)33-19-34-31(26)38-11-13-43-14-12-38/h3-8,15-17,19-20,23,37H,1,9-14,18H2,2H3,(H,35,40)(H,33,34,36)/t20?,23-/m1/s1. The van der Waals surface area contributed by atoms with Crippen LogP contribution in [0.25, 0.3) is 22.3 Å². The molecule has 6 rings (SSSR count). The topological polar surface area (TPSA) is 133 Å². The monoisotopic (exact) mass is 619 g/mol. The lowest BCUT2D eigenvalue weighted by Gasteiger charge is -2.27. The number of carbonyl (C=O) groups is 1. The number of sulfonamides is 1. The van der Waals surface area contributed by atoms with Gasteiger partial charge in [-0.05, 0) is 61.4 Å². The molecule has 0 radical (unpaired) electrons. The lowest BCUT2D eigenvalue weighted by atomic mass is 10.1. The van der Waals surface area contributed by atoms with E-state index in [2.05, 4.69) is 41.4 Å². The molecule has 3 N–H and O–H groups in total. The lowest BCUT2D eigenvalue weighted by Crippen LogP contribution is -2.36. The van der Waals surface area contributed by atoms with Gasteiger partial charge in [-0.1, -0.05) is 18.7 Å². The van der Waals surface area contributed by atoms with Crippen molar-refractivity contribution >= 4 is 44.2 Å². The van der Waals surface area contributed by atoms with E-state index >= 15 is 4.39 Å². The van der Waals surface area contributed by atoms with Crippen molar-refractivity contribution in [3.63, 3.8) is 0 Å². The SMILES string of the molecule is C=CC(=O)N[C@@H]1CCN(c2cccc(C(C)S(=O)(=O)Nc3ccc(-c4cc5c(N6CCOCC6)ncnc5[nH]4)c(F)c3)c2)C1. The maximum atomic E-state index is 15.4. The van der Waals surface area contributed by atoms with Crippen LogP contribution in [0.5, 0.6) is 0 Å². The summed E-state index contributed by atoms with van der Waals surface area (Å²) in [6.45, 7) is 9.05. The number of morpholine rings is 1. The maximum Gasteiger partial charge on any atom is 0.243 e. The third-order valence-electron chi connectivity index (χ3n) is 8.12. The average molecular weight is 620 g/mol. The van der Waals surface area contributed by atoms with Crippen LogP contribution in [-0.2, 0) is 19.6 Å². The Morgan fingerprint density at radius 3 is 2.73 bits per heavy atom. The number of carbonyl (C=O) groups excluding carboxylic acids is 1. The summed E-state index contributed by atoms with van der Waals surface area (Å²) >= 11 is 0. The van der Waals surface area contributed by atoms with E-state index in [-0.39, 0.29) is 23.2 Å². The largest absolute Gasteiger partial charge is 0.378 e. The number of halogens is 1. The van der Waals surface area contributed by atoms with Gasteiger partial charge in [0.05, 0.1) is 30.0 Å². The van der Waals surface area contributed by atoms with Crippen molar-refractivity contribution in [1.29, 1.82) is 0 Å². The molecule has 2 fully saturated rings. The number of H-pyrrole nitrogens is 1. The third kappa shape index (κ3) is 6.10. The van der Waals surface area contributed by atoms with Crippen molar-refractivity contribution in [3.05, 3.63) is 78.9 Å². The lowest BCUT2D eigenvalue weighted by molar-refractivity contribution is -0.117. The Kier molecular flexibility index (Phi) is 8.23. The van der Waals surface area contributed by atoms with Crippen LogP contribution in [0.4, 0.5) is 21.6 Å². The summed E-state index contributed by atoms with van der Waals surface area (Å²) in [5, 5.41) is 2.78. The second-order valence-electron chi connectivity index (χ2n) is 11.0. The number of aromatic nitrogens is 3. The minimum Gasteiger partial charge on any atom is -0.378 e. The van der Waals surface area contributed by atoms with Crippen LogP contribution in [-0.4, -0.2) is 74.7 Å². The first-order valence-electron chi connectivity index (χ1n) is 14.5. The second kappa shape index (κ2) is 12.2. The molecular weight excluding hydrogens is 585 g/mol. The van der Waals surface area contributed by atoms with Gasteiger partial charge in [0.15, 0.2) is 0 Å². The van der Waals surface area contributed by atoms with Crippen molar-refractivity contribution in [2.24, 2.45) is 0 Å². The average Bonchev–Trinajstić information content (AvgIpc) is 3.68. The van der Waals surface area contributed by atoms with E-state index in [1.165, 1.54) is 18.5 Å². The highest BCUT2D eigenvalue weighted by Gasteiger charge is 2.27. The Bertz CT molecular complexity index is 1810. The van der Waals surface area contributed by atoms with Crippen LogP contribution in [0.1, 0.15) is 24.2 Å². The van der Waals surface area contributed by atoms with Crippen LogP contribution in [0.3, 0.4) is 0 Å². The Labute approximate surface area is 255 Å². The van der Waals surface area contributed by atoms with E-state index in [9.17, 15) is 13.2 Å². The summed E-state index contributed by atoms with van der Waals surface area (Å²) < 4.78 is 50.2. The first kappa shape index (κ1) is 29.6. The third-order valence-corrected chi connectivity index (χ3v) is 9.85. The number of benzene rings is 2. The van der Waals surface area contributed by atoms with E-state index in [1.807, 2.05) is 24.3 Å². The van der Waals surface area contributed by atoms with Gasteiger partial charge in [-0.25, -0.2) is 22.8 Å². The van der Waals surface area contributed by atoms with Crippen LogP contribution in [0.15, 0.2) is 67.5 Å². The molecule has 2 aliphatic rings. The molecule has 0 spiro atoms.